The third kappa shape index (κ3) is 52.7. The molecule has 70 heavy (non-hydrogen) atoms. The second-order valence-corrected chi connectivity index (χ2v) is 22.8. The monoisotopic (exact) mass is 989 g/mol. The number of esters is 3. The molecule has 0 saturated heterocycles. The lowest BCUT2D eigenvalue weighted by Crippen LogP contribution is -2.30. The summed E-state index contributed by atoms with van der Waals surface area (Å²) in [5.74, 6) is 1.81. The zero-order valence-corrected chi connectivity index (χ0v) is 48.3. The molecular formula is C64H124O6. The SMILES string of the molecule is CCC(C)CCCCCCCCCCCCCCCCCCCCC(=O)OC[C@H](COC(=O)CCCCCCCCCCC(C)CC)OC(=O)CCCCCCCCCCCCCCCCC(C)CC. The van der Waals surface area contributed by atoms with E-state index in [1.807, 2.05) is 0 Å². The average Bonchev–Trinajstić information content (AvgIpc) is 3.36. The lowest BCUT2D eigenvalue weighted by molar-refractivity contribution is -0.167. The van der Waals surface area contributed by atoms with Crippen molar-refractivity contribution in [3.05, 3.63) is 0 Å². The molecule has 0 aliphatic rings. The Bertz CT molecular complexity index is 1090. The number of hydrogen-bond acceptors (Lipinski definition) is 6. The molecule has 0 aliphatic carbocycles. The van der Waals surface area contributed by atoms with Crippen molar-refractivity contribution in [1.82, 2.24) is 0 Å². The molecule has 6 heteroatoms. The molecule has 0 bridgehead atoms. The highest BCUT2D eigenvalue weighted by molar-refractivity contribution is 5.71. The highest BCUT2D eigenvalue weighted by atomic mass is 16.6. The van der Waals surface area contributed by atoms with Crippen LogP contribution in [0.25, 0.3) is 0 Å². The van der Waals surface area contributed by atoms with Gasteiger partial charge in [-0.25, -0.2) is 0 Å². The number of hydrogen-bond donors (Lipinski definition) is 0. The van der Waals surface area contributed by atoms with Crippen molar-refractivity contribution in [2.75, 3.05) is 13.2 Å². The zero-order chi connectivity index (χ0) is 51.2. The van der Waals surface area contributed by atoms with Crippen LogP contribution in [0.4, 0.5) is 0 Å². The predicted octanol–water partition coefficient (Wildman–Crippen LogP) is 21.1. The molecule has 0 spiro atoms. The first kappa shape index (κ1) is 68.4. The first-order valence-electron chi connectivity index (χ1n) is 31.7. The molecule has 4 atom stereocenters. The van der Waals surface area contributed by atoms with Crippen molar-refractivity contribution < 1.29 is 28.6 Å². The Labute approximate surface area is 438 Å². The van der Waals surface area contributed by atoms with Gasteiger partial charge in [0.1, 0.15) is 13.2 Å². The molecule has 0 N–H and O–H groups in total. The van der Waals surface area contributed by atoms with Gasteiger partial charge in [-0.05, 0) is 37.0 Å². The van der Waals surface area contributed by atoms with E-state index in [-0.39, 0.29) is 31.1 Å². The molecule has 6 nitrogen and oxygen atoms in total. The molecule has 0 aromatic carbocycles. The van der Waals surface area contributed by atoms with Crippen LogP contribution >= 0.6 is 0 Å². The fourth-order valence-electron chi connectivity index (χ4n) is 9.79. The molecule has 0 rings (SSSR count). The van der Waals surface area contributed by atoms with Gasteiger partial charge in [-0.2, -0.15) is 0 Å². The van der Waals surface area contributed by atoms with Crippen LogP contribution in [0.2, 0.25) is 0 Å². The molecule has 0 heterocycles. The lowest BCUT2D eigenvalue weighted by Gasteiger charge is -2.18. The fourth-order valence-corrected chi connectivity index (χ4v) is 9.79. The van der Waals surface area contributed by atoms with Crippen LogP contribution in [0.3, 0.4) is 0 Å². The van der Waals surface area contributed by atoms with Crippen LogP contribution in [0.5, 0.6) is 0 Å². The zero-order valence-electron chi connectivity index (χ0n) is 48.3. The summed E-state index contributed by atoms with van der Waals surface area (Å²) in [6.45, 7) is 13.9. The minimum atomic E-state index is -0.765. The second-order valence-electron chi connectivity index (χ2n) is 22.8. The van der Waals surface area contributed by atoms with Gasteiger partial charge in [0.25, 0.3) is 0 Å². The largest absolute Gasteiger partial charge is 0.462 e. The summed E-state index contributed by atoms with van der Waals surface area (Å²) in [4.78, 5) is 38.3. The minimum absolute atomic E-state index is 0.0632. The van der Waals surface area contributed by atoms with Crippen LogP contribution in [0, 0.1) is 17.8 Å². The number of unbranched alkanes of at least 4 members (excludes halogenated alkanes) is 37. The number of carbonyl (C=O) groups is 3. The number of ether oxygens (including phenoxy) is 3. The van der Waals surface area contributed by atoms with E-state index in [1.165, 1.54) is 238 Å². The highest BCUT2D eigenvalue weighted by Crippen LogP contribution is 2.20. The lowest BCUT2D eigenvalue weighted by atomic mass is 9.99. The van der Waals surface area contributed by atoms with Gasteiger partial charge in [0, 0.05) is 19.3 Å². The summed E-state index contributed by atoms with van der Waals surface area (Å²) >= 11 is 0. The van der Waals surface area contributed by atoms with Gasteiger partial charge in [-0.1, -0.05) is 318 Å². The quantitative estimate of drug-likeness (QED) is 0.0343. The van der Waals surface area contributed by atoms with E-state index in [9.17, 15) is 14.4 Å². The Morgan fingerprint density at radius 1 is 0.271 bits per heavy atom. The maximum absolute atomic E-state index is 12.9. The van der Waals surface area contributed by atoms with Crippen molar-refractivity contribution in [2.45, 2.75) is 362 Å². The van der Waals surface area contributed by atoms with E-state index in [0.717, 1.165) is 75.5 Å². The van der Waals surface area contributed by atoms with Gasteiger partial charge in [0.15, 0.2) is 6.10 Å². The fraction of sp³-hybridized carbons (Fsp3) is 0.953. The van der Waals surface area contributed by atoms with E-state index in [1.54, 1.807) is 0 Å². The maximum atomic E-state index is 12.9. The molecule has 416 valence electrons. The van der Waals surface area contributed by atoms with Crippen molar-refractivity contribution in [1.29, 1.82) is 0 Å². The first-order valence-corrected chi connectivity index (χ1v) is 31.7. The van der Waals surface area contributed by atoms with Gasteiger partial charge in [0.05, 0.1) is 0 Å². The van der Waals surface area contributed by atoms with Crippen molar-refractivity contribution in [3.63, 3.8) is 0 Å². The summed E-state index contributed by atoms with van der Waals surface area (Å²) < 4.78 is 16.9. The third-order valence-electron chi connectivity index (χ3n) is 15.7. The molecule has 0 aromatic rings. The van der Waals surface area contributed by atoms with E-state index < -0.39 is 6.10 Å². The van der Waals surface area contributed by atoms with Gasteiger partial charge in [-0.3, -0.25) is 14.4 Å². The normalized spacial score (nSPS) is 13.3. The molecule has 0 radical (unpaired) electrons. The Morgan fingerprint density at radius 2 is 0.457 bits per heavy atom. The Morgan fingerprint density at radius 3 is 0.671 bits per heavy atom. The van der Waals surface area contributed by atoms with Crippen molar-refractivity contribution in [2.24, 2.45) is 17.8 Å². The van der Waals surface area contributed by atoms with Crippen LogP contribution in [-0.2, 0) is 28.6 Å². The Hall–Kier alpha value is -1.59. The minimum Gasteiger partial charge on any atom is -0.462 e. The summed E-state index contributed by atoms with van der Waals surface area (Å²) in [6, 6.07) is 0. The van der Waals surface area contributed by atoms with Gasteiger partial charge >= 0.3 is 17.9 Å². The Kier molecular flexibility index (Phi) is 53.9. The van der Waals surface area contributed by atoms with Crippen molar-refractivity contribution in [3.8, 4) is 0 Å². The molecule has 0 aromatic heterocycles. The maximum Gasteiger partial charge on any atom is 0.306 e. The van der Waals surface area contributed by atoms with E-state index in [0.29, 0.717) is 19.3 Å². The average molecular weight is 990 g/mol. The van der Waals surface area contributed by atoms with Crippen molar-refractivity contribution >= 4 is 17.9 Å². The first-order chi connectivity index (χ1) is 34.2. The van der Waals surface area contributed by atoms with Crippen LogP contribution in [0.15, 0.2) is 0 Å². The second kappa shape index (κ2) is 55.2. The van der Waals surface area contributed by atoms with Crippen LogP contribution < -0.4 is 0 Å². The molecule has 0 fully saturated rings. The summed E-state index contributed by atoms with van der Waals surface area (Å²) in [7, 11) is 0. The molecule has 0 amide bonds. The van der Waals surface area contributed by atoms with E-state index >= 15 is 0 Å². The molecule has 0 aliphatic heterocycles. The summed E-state index contributed by atoms with van der Waals surface area (Å²) in [5.41, 5.74) is 0. The third-order valence-corrected chi connectivity index (χ3v) is 15.7. The Balaban J connectivity index is 4.24. The van der Waals surface area contributed by atoms with E-state index in [2.05, 4.69) is 41.5 Å². The summed E-state index contributed by atoms with van der Waals surface area (Å²) in [5, 5.41) is 0. The van der Waals surface area contributed by atoms with Gasteiger partial charge < -0.3 is 14.2 Å². The predicted molar refractivity (Wildman–Crippen MR) is 303 cm³/mol. The van der Waals surface area contributed by atoms with Crippen LogP contribution in [0.1, 0.15) is 356 Å². The number of carbonyl (C=O) groups excluding carboxylic acids is 3. The van der Waals surface area contributed by atoms with Gasteiger partial charge in [0.2, 0.25) is 0 Å². The number of rotatable bonds is 57. The highest BCUT2D eigenvalue weighted by Gasteiger charge is 2.19. The smallest absolute Gasteiger partial charge is 0.306 e. The molecule has 0 saturated carbocycles. The summed E-state index contributed by atoms with van der Waals surface area (Å²) in [6.07, 6.45) is 59.5. The van der Waals surface area contributed by atoms with Gasteiger partial charge in [-0.15, -0.1) is 0 Å². The standard InChI is InChI=1S/C64H124O6/c1-7-58(4)50-44-38-32-26-22-18-14-12-10-11-13-15-20-24-28-35-41-47-53-62(65)68-56-61(57-69-63(66)54-48-42-36-31-30-34-40-46-52-60(6)9-3)70-64(67)55-49-43-37-29-25-21-17-16-19-23-27-33-39-45-51-59(5)8-2/h58-61H,7-57H2,1-6H3/t58?,59?,60?,61-/m1/s1. The van der Waals surface area contributed by atoms with E-state index in [4.69, 9.17) is 14.2 Å². The molecular weight excluding hydrogens is 865 g/mol. The topological polar surface area (TPSA) is 78.9 Å². The van der Waals surface area contributed by atoms with Crippen LogP contribution in [-0.4, -0.2) is 37.2 Å². The molecule has 3 unspecified atom stereocenters.